The van der Waals surface area contributed by atoms with Crippen molar-refractivity contribution in [2.75, 3.05) is 32.5 Å². The number of nitrogens with zero attached hydrogens (tertiary/aromatic N) is 1. The third-order valence-corrected chi connectivity index (χ3v) is 3.81. The number of halogens is 1. The third kappa shape index (κ3) is 6.17. The molecule has 2 aromatic rings. The van der Waals surface area contributed by atoms with Gasteiger partial charge in [-0.3, -0.25) is 0 Å². The highest BCUT2D eigenvalue weighted by Crippen LogP contribution is 2.22. The zero-order valence-electron chi connectivity index (χ0n) is 14.4. The topological polar surface area (TPSA) is 64.6 Å². The molecule has 5 nitrogen and oxygen atoms in total. The van der Waals surface area contributed by atoms with E-state index in [0.29, 0.717) is 18.8 Å². The van der Waals surface area contributed by atoms with Crippen molar-refractivity contribution in [3.05, 3.63) is 66.0 Å². The molecular weight excluding hydrogens is 321 g/mol. The number of urea groups is 1. The molecule has 3 N–H and O–H groups in total. The number of carbonyl (C=O) groups excluding carboxylic acids is 1. The van der Waals surface area contributed by atoms with E-state index < -0.39 is 12.1 Å². The molecule has 0 spiro atoms. The highest BCUT2D eigenvalue weighted by Gasteiger charge is 2.22. The quantitative estimate of drug-likeness (QED) is 0.723. The Morgan fingerprint density at radius 1 is 1.12 bits per heavy atom. The van der Waals surface area contributed by atoms with E-state index >= 15 is 0 Å². The molecule has 2 rings (SSSR count). The summed E-state index contributed by atoms with van der Waals surface area (Å²) < 4.78 is 12.9. The Balaban J connectivity index is 1.94. The lowest BCUT2D eigenvalue weighted by Crippen LogP contribution is -2.39. The van der Waals surface area contributed by atoms with Gasteiger partial charge >= 0.3 is 6.03 Å². The molecule has 134 valence electrons. The first-order valence-corrected chi connectivity index (χ1v) is 8.14. The fraction of sp³-hybridized carbons (Fsp3) is 0.316. The van der Waals surface area contributed by atoms with E-state index in [0.717, 1.165) is 5.56 Å². The monoisotopic (exact) mass is 345 g/mol. The summed E-state index contributed by atoms with van der Waals surface area (Å²) in [6.07, 6.45) is -0.685. The van der Waals surface area contributed by atoms with Crippen molar-refractivity contribution in [2.24, 2.45) is 5.92 Å². The van der Waals surface area contributed by atoms with Crippen LogP contribution in [-0.2, 0) is 0 Å². The van der Waals surface area contributed by atoms with Gasteiger partial charge < -0.3 is 20.6 Å². The van der Waals surface area contributed by atoms with Gasteiger partial charge in [0.25, 0.3) is 0 Å². The van der Waals surface area contributed by atoms with Crippen LogP contribution in [-0.4, -0.2) is 43.2 Å². The van der Waals surface area contributed by atoms with Gasteiger partial charge in [-0.2, -0.15) is 0 Å². The van der Waals surface area contributed by atoms with Gasteiger partial charge in [0.2, 0.25) is 0 Å². The van der Waals surface area contributed by atoms with Crippen molar-refractivity contribution in [3.8, 4) is 0 Å². The van der Waals surface area contributed by atoms with Crippen LogP contribution < -0.4 is 10.6 Å². The number of amides is 2. The van der Waals surface area contributed by atoms with Crippen LogP contribution in [0.2, 0.25) is 0 Å². The normalized spacial score (nSPS) is 13.3. The number of anilines is 1. The van der Waals surface area contributed by atoms with Crippen LogP contribution in [0.25, 0.3) is 0 Å². The molecule has 0 bridgehead atoms. The van der Waals surface area contributed by atoms with Gasteiger partial charge in [-0.05, 0) is 43.9 Å². The summed E-state index contributed by atoms with van der Waals surface area (Å²) in [5.41, 5.74) is 1.32. The number of hydrogen-bond acceptors (Lipinski definition) is 3. The largest absolute Gasteiger partial charge is 0.388 e. The molecule has 0 aromatic heterocycles. The highest BCUT2D eigenvalue weighted by atomic mass is 19.1. The number of rotatable bonds is 7. The van der Waals surface area contributed by atoms with E-state index in [-0.39, 0.29) is 11.7 Å². The molecule has 25 heavy (non-hydrogen) atoms. The molecule has 0 aliphatic rings. The Kier molecular flexibility index (Phi) is 6.91. The van der Waals surface area contributed by atoms with Crippen LogP contribution in [0.15, 0.2) is 54.6 Å². The molecule has 0 radical (unpaired) electrons. The number of hydrogen-bond donors (Lipinski definition) is 3. The van der Waals surface area contributed by atoms with Crippen molar-refractivity contribution in [2.45, 2.75) is 6.10 Å². The standard InChI is InChI=1S/C19H24FN3O2/c1-23(2)13-15(18(24)14-6-4-3-5-7-14)12-21-19(25)22-17-10-8-16(20)9-11-17/h3-11,15,18,24H,12-13H2,1-2H3,(H2,21,22,25)/t15-,18+/m0/s1. The van der Waals surface area contributed by atoms with Crippen LogP contribution in [0, 0.1) is 11.7 Å². The summed E-state index contributed by atoms with van der Waals surface area (Å²) in [6, 6.07) is 14.5. The minimum Gasteiger partial charge on any atom is -0.388 e. The van der Waals surface area contributed by atoms with Gasteiger partial charge in [0.05, 0.1) is 6.10 Å². The van der Waals surface area contributed by atoms with Crippen molar-refractivity contribution in [3.63, 3.8) is 0 Å². The van der Waals surface area contributed by atoms with Crippen molar-refractivity contribution in [1.29, 1.82) is 0 Å². The van der Waals surface area contributed by atoms with Crippen molar-refractivity contribution < 1.29 is 14.3 Å². The lowest BCUT2D eigenvalue weighted by molar-refractivity contribution is 0.0911. The average Bonchev–Trinajstić information content (AvgIpc) is 2.60. The van der Waals surface area contributed by atoms with E-state index in [1.165, 1.54) is 24.3 Å². The molecule has 2 aromatic carbocycles. The Morgan fingerprint density at radius 2 is 1.76 bits per heavy atom. The number of carbonyl (C=O) groups is 1. The second-order valence-electron chi connectivity index (χ2n) is 6.22. The van der Waals surface area contributed by atoms with Crippen molar-refractivity contribution in [1.82, 2.24) is 10.2 Å². The summed E-state index contributed by atoms with van der Waals surface area (Å²) >= 11 is 0. The molecule has 0 saturated heterocycles. The Hall–Kier alpha value is -2.44. The number of aliphatic hydroxyl groups is 1. The summed E-state index contributed by atoms with van der Waals surface area (Å²) in [4.78, 5) is 14.0. The lowest BCUT2D eigenvalue weighted by atomic mass is 9.95. The molecule has 6 heteroatoms. The Morgan fingerprint density at radius 3 is 2.36 bits per heavy atom. The molecule has 0 heterocycles. The predicted molar refractivity (Wildman–Crippen MR) is 96.9 cm³/mol. The van der Waals surface area contributed by atoms with Gasteiger partial charge in [-0.1, -0.05) is 30.3 Å². The highest BCUT2D eigenvalue weighted by molar-refractivity contribution is 5.89. The zero-order chi connectivity index (χ0) is 18.2. The SMILES string of the molecule is CN(C)C[C@H](CNC(=O)Nc1ccc(F)cc1)[C@H](O)c1ccccc1. The van der Waals surface area contributed by atoms with Crippen LogP contribution in [0.5, 0.6) is 0 Å². The number of nitrogens with one attached hydrogen (secondary N) is 2. The lowest BCUT2D eigenvalue weighted by Gasteiger charge is -2.26. The first-order chi connectivity index (χ1) is 12.0. The van der Waals surface area contributed by atoms with Gasteiger partial charge in [0, 0.05) is 24.7 Å². The Labute approximate surface area is 147 Å². The minimum absolute atomic E-state index is 0.170. The van der Waals surface area contributed by atoms with Gasteiger partial charge in [-0.15, -0.1) is 0 Å². The molecule has 2 atom stereocenters. The summed E-state index contributed by atoms with van der Waals surface area (Å²) in [7, 11) is 3.84. The predicted octanol–water partition coefficient (Wildman–Crippen LogP) is 2.86. The van der Waals surface area contributed by atoms with E-state index in [2.05, 4.69) is 10.6 Å². The second-order valence-corrected chi connectivity index (χ2v) is 6.22. The number of benzene rings is 2. The third-order valence-electron chi connectivity index (χ3n) is 3.81. The average molecular weight is 345 g/mol. The summed E-state index contributed by atoms with van der Waals surface area (Å²) in [5.74, 6) is -0.528. The van der Waals surface area contributed by atoms with Crippen molar-refractivity contribution >= 4 is 11.7 Å². The summed E-state index contributed by atoms with van der Waals surface area (Å²) in [6.45, 7) is 0.925. The molecule has 2 amide bonds. The first kappa shape index (κ1) is 18.9. The summed E-state index contributed by atoms with van der Waals surface area (Å²) in [5, 5.41) is 16.0. The van der Waals surface area contributed by atoms with Gasteiger partial charge in [-0.25, -0.2) is 9.18 Å². The second kappa shape index (κ2) is 9.15. The van der Waals surface area contributed by atoms with E-state index in [4.69, 9.17) is 0 Å². The van der Waals surface area contributed by atoms with Crippen LogP contribution in [0.4, 0.5) is 14.9 Å². The fourth-order valence-electron chi connectivity index (χ4n) is 2.60. The van der Waals surface area contributed by atoms with E-state index in [9.17, 15) is 14.3 Å². The van der Waals surface area contributed by atoms with Crippen LogP contribution in [0.1, 0.15) is 11.7 Å². The minimum atomic E-state index is -0.685. The molecule has 0 aliphatic carbocycles. The van der Waals surface area contributed by atoms with Gasteiger partial charge in [0.1, 0.15) is 5.82 Å². The van der Waals surface area contributed by atoms with E-state index in [1.54, 1.807) is 0 Å². The maximum atomic E-state index is 12.9. The van der Waals surface area contributed by atoms with Crippen LogP contribution >= 0.6 is 0 Å². The molecule has 0 aliphatic heterocycles. The smallest absolute Gasteiger partial charge is 0.319 e. The Bertz CT molecular complexity index is 662. The molecule has 0 unspecified atom stereocenters. The molecule has 0 saturated carbocycles. The van der Waals surface area contributed by atoms with E-state index in [1.807, 2.05) is 49.3 Å². The zero-order valence-corrected chi connectivity index (χ0v) is 14.4. The molecular formula is C19H24FN3O2. The van der Waals surface area contributed by atoms with Gasteiger partial charge in [0.15, 0.2) is 0 Å². The maximum absolute atomic E-state index is 12.9. The maximum Gasteiger partial charge on any atom is 0.319 e. The molecule has 0 fully saturated rings. The fourth-order valence-corrected chi connectivity index (χ4v) is 2.60. The van der Waals surface area contributed by atoms with Crippen LogP contribution in [0.3, 0.4) is 0 Å². The number of aliphatic hydroxyl groups excluding tert-OH is 1. The first-order valence-electron chi connectivity index (χ1n) is 8.14.